The van der Waals surface area contributed by atoms with Crippen molar-refractivity contribution in [1.82, 2.24) is 9.13 Å². The first kappa shape index (κ1) is 39.9. The maximum atomic E-state index is 2.47. The summed E-state index contributed by atoms with van der Waals surface area (Å²) in [5, 5.41) is 4.93. The Morgan fingerprint density at radius 3 is 1.40 bits per heavy atom. The van der Waals surface area contributed by atoms with Crippen molar-refractivity contribution in [3.63, 3.8) is 0 Å². The molecule has 0 bridgehead atoms. The molecule has 0 spiro atoms. The van der Waals surface area contributed by atoms with Gasteiger partial charge in [0.25, 0.3) is 0 Å². The van der Waals surface area contributed by atoms with Crippen LogP contribution in [0.4, 0.5) is 17.1 Å². The third kappa shape index (κ3) is 6.01. The number of aromatic nitrogens is 2. The van der Waals surface area contributed by atoms with Crippen molar-refractivity contribution in [2.45, 2.75) is 5.41 Å². The molecule has 1 aliphatic rings. The Morgan fingerprint density at radius 2 is 0.771 bits per heavy atom. The van der Waals surface area contributed by atoms with Crippen molar-refractivity contribution in [1.29, 1.82) is 0 Å². The van der Waals surface area contributed by atoms with Crippen LogP contribution in [0, 0.1) is 0 Å². The van der Waals surface area contributed by atoms with Gasteiger partial charge in [-0.15, -0.1) is 0 Å². The van der Waals surface area contributed by atoms with Crippen LogP contribution in [0.25, 0.3) is 77.2 Å². The molecule has 0 radical (unpaired) electrons. The Balaban J connectivity index is 1.05. The Labute approximate surface area is 407 Å². The second-order valence-electron chi connectivity index (χ2n) is 18.5. The van der Waals surface area contributed by atoms with Gasteiger partial charge in [0.2, 0.25) is 0 Å². The molecule has 2 aromatic heterocycles. The zero-order chi connectivity index (χ0) is 46.2. The van der Waals surface area contributed by atoms with Gasteiger partial charge in [-0.05, 0) is 123 Å². The minimum Gasteiger partial charge on any atom is -0.310 e. The Hall–Kier alpha value is -9.18. The number of fused-ring (bicyclic) bond motifs is 9. The third-order valence-electron chi connectivity index (χ3n) is 14.7. The largest absolute Gasteiger partial charge is 0.310 e. The Kier molecular flexibility index (Phi) is 9.11. The Bertz CT molecular complexity index is 4020. The van der Waals surface area contributed by atoms with Gasteiger partial charge in [0.15, 0.2) is 0 Å². The molecule has 0 unspecified atom stereocenters. The molecule has 13 aromatic rings. The van der Waals surface area contributed by atoms with Gasteiger partial charge in [-0.2, -0.15) is 0 Å². The molecular weight excluding hydrogens is 847 g/mol. The summed E-state index contributed by atoms with van der Waals surface area (Å²) in [6, 6.07) is 101. The smallest absolute Gasteiger partial charge is 0.0714 e. The second-order valence-corrected chi connectivity index (χ2v) is 18.5. The summed E-state index contributed by atoms with van der Waals surface area (Å²) in [5.41, 5.74) is 19.4. The van der Waals surface area contributed by atoms with Crippen molar-refractivity contribution in [2.75, 3.05) is 4.90 Å². The first-order valence-corrected chi connectivity index (χ1v) is 24.2. The number of anilines is 3. The first-order chi connectivity index (χ1) is 34.7. The van der Waals surface area contributed by atoms with E-state index in [0.717, 1.165) is 39.6 Å². The zero-order valence-electron chi connectivity index (χ0n) is 38.3. The van der Waals surface area contributed by atoms with Gasteiger partial charge in [0, 0.05) is 50.0 Å². The van der Waals surface area contributed by atoms with E-state index in [-0.39, 0.29) is 0 Å². The summed E-state index contributed by atoms with van der Waals surface area (Å²) >= 11 is 0. The van der Waals surface area contributed by atoms with E-state index in [4.69, 9.17) is 0 Å². The van der Waals surface area contributed by atoms with E-state index in [9.17, 15) is 0 Å². The average Bonchev–Trinajstić information content (AvgIpc) is 4.06. The number of rotatable bonds is 8. The van der Waals surface area contributed by atoms with Gasteiger partial charge in [-0.1, -0.05) is 194 Å². The van der Waals surface area contributed by atoms with Crippen LogP contribution in [0.1, 0.15) is 22.3 Å². The SMILES string of the molecule is c1ccc(N(c2cc(-c3ccc4c5ccccc5n(-c5ccccc5)c4c3)cc(-n3c4ccccc4c4ccccc43)c2)c2ccc3c(c2)C(c2ccccc2)(c2ccccc2)c2ccccc2-3)cc1. The fraction of sp³-hybridized carbons (Fsp3) is 0.0149. The number of nitrogens with zero attached hydrogens (tertiary/aromatic N) is 3. The zero-order valence-corrected chi connectivity index (χ0v) is 38.3. The molecule has 328 valence electrons. The van der Waals surface area contributed by atoms with Gasteiger partial charge in [-0.3, -0.25) is 0 Å². The minimum absolute atomic E-state index is 0.546. The summed E-state index contributed by atoms with van der Waals surface area (Å²) in [7, 11) is 0. The standard InChI is InChI=1S/C67H45N3/c1-5-21-48(22-6-1)67(49-23-7-2-8-24-49)61-33-17-13-29-55(61)56-40-38-52(45-62(56)67)68(50-25-9-3-10-26-50)53-41-47(42-54(44-53)70-64-35-19-14-30-57(64)58-31-15-20-36-65(58)70)46-37-39-60-59-32-16-18-34-63(59)69(66(60)43-46)51-27-11-4-12-28-51/h1-45H. The fourth-order valence-electron chi connectivity index (χ4n) is 11.8. The number of hydrogen-bond acceptors (Lipinski definition) is 1. The van der Waals surface area contributed by atoms with Gasteiger partial charge in [-0.25, -0.2) is 0 Å². The lowest BCUT2D eigenvalue weighted by molar-refractivity contribution is 0.768. The van der Waals surface area contributed by atoms with Crippen LogP contribution in [-0.4, -0.2) is 9.13 Å². The van der Waals surface area contributed by atoms with E-state index in [1.807, 2.05) is 0 Å². The van der Waals surface area contributed by atoms with Crippen LogP contribution in [0.3, 0.4) is 0 Å². The number of benzene rings is 11. The molecule has 0 saturated carbocycles. The van der Waals surface area contributed by atoms with Crippen molar-refractivity contribution < 1.29 is 0 Å². The number of para-hydroxylation sites is 5. The lowest BCUT2D eigenvalue weighted by Crippen LogP contribution is -2.28. The molecule has 14 rings (SSSR count). The van der Waals surface area contributed by atoms with Crippen LogP contribution >= 0.6 is 0 Å². The predicted molar refractivity (Wildman–Crippen MR) is 293 cm³/mol. The summed E-state index contributed by atoms with van der Waals surface area (Å²) in [6.45, 7) is 0. The predicted octanol–water partition coefficient (Wildman–Crippen LogP) is 17.4. The number of hydrogen-bond donors (Lipinski definition) is 0. The molecule has 70 heavy (non-hydrogen) atoms. The fourth-order valence-corrected chi connectivity index (χ4v) is 11.8. The van der Waals surface area contributed by atoms with Crippen LogP contribution < -0.4 is 4.90 Å². The van der Waals surface area contributed by atoms with Crippen LogP contribution in [-0.2, 0) is 5.41 Å². The van der Waals surface area contributed by atoms with Crippen molar-refractivity contribution in [3.8, 4) is 33.6 Å². The normalized spacial score (nSPS) is 12.7. The quantitative estimate of drug-likeness (QED) is 0.148. The summed E-state index contributed by atoms with van der Waals surface area (Å²) in [6.07, 6.45) is 0. The molecule has 0 saturated heterocycles. The molecule has 3 nitrogen and oxygen atoms in total. The summed E-state index contributed by atoms with van der Waals surface area (Å²) in [5.74, 6) is 0. The van der Waals surface area contributed by atoms with E-state index in [1.54, 1.807) is 0 Å². The van der Waals surface area contributed by atoms with Crippen molar-refractivity contribution in [3.05, 3.63) is 295 Å². The molecule has 11 aromatic carbocycles. The van der Waals surface area contributed by atoms with Crippen LogP contribution in [0.15, 0.2) is 273 Å². The van der Waals surface area contributed by atoms with Crippen LogP contribution in [0.2, 0.25) is 0 Å². The Morgan fingerprint density at radius 1 is 0.271 bits per heavy atom. The van der Waals surface area contributed by atoms with E-state index in [2.05, 4.69) is 287 Å². The third-order valence-corrected chi connectivity index (χ3v) is 14.7. The van der Waals surface area contributed by atoms with E-state index >= 15 is 0 Å². The van der Waals surface area contributed by atoms with Gasteiger partial charge < -0.3 is 14.0 Å². The maximum Gasteiger partial charge on any atom is 0.0714 e. The highest BCUT2D eigenvalue weighted by atomic mass is 15.1. The molecule has 0 aliphatic heterocycles. The average molecular weight is 892 g/mol. The lowest BCUT2D eigenvalue weighted by atomic mass is 9.67. The highest BCUT2D eigenvalue weighted by Gasteiger charge is 2.46. The van der Waals surface area contributed by atoms with E-state index in [1.165, 1.54) is 77.0 Å². The molecule has 1 aliphatic carbocycles. The molecule has 0 atom stereocenters. The first-order valence-electron chi connectivity index (χ1n) is 24.2. The monoisotopic (exact) mass is 891 g/mol. The minimum atomic E-state index is -0.546. The van der Waals surface area contributed by atoms with E-state index in [0.29, 0.717) is 0 Å². The van der Waals surface area contributed by atoms with Crippen molar-refractivity contribution >= 4 is 60.7 Å². The molecule has 2 heterocycles. The highest BCUT2D eigenvalue weighted by molar-refractivity contribution is 6.11. The maximum absolute atomic E-state index is 2.47. The topological polar surface area (TPSA) is 13.1 Å². The summed E-state index contributed by atoms with van der Waals surface area (Å²) in [4.78, 5) is 2.46. The molecule has 0 amide bonds. The second kappa shape index (κ2) is 16.0. The molecule has 0 N–H and O–H groups in total. The summed E-state index contributed by atoms with van der Waals surface area (Å²) < 4.78 is 4.87. The molecule has 0 fully saturated rings. The highest BCUT2D eigenvalue weighted by Crippen LogP contribution is 2.57. The van der Waals surface area contributed by atoms with Gasteiger partial charge in [0.05, 0.1) is 27.5 Å². The van der Waals surface area contributed by atoms with Gasteiger partial charge >= 0.3 is 0 Å². The lowest BCUT2D eigenvalue weighted by Gasteiger charge is -2.35. The molecular formula is C67H45N3. The van der Waals surface area contributed by atoms with Gasteiger partial charge in [0.1, 0.15) is 0 Å². The van der Waals surface area contributed by atoms with E-state index < -0.39 is 5.41 Å². The van der Waals surface area contributed by atoms with Crippen molar-refractivity contribution in [2.24, 2.45) is 0 Å². The molecule has 3 heteroatoms. The van der Waals surface area contributed by atoms with Crippen LogP contribution in [0.5, 0.6) is 0 Å².